The quantitative estimate of drug-likeness (QED) is 0.733. The Balaban J connectivity index is 1.93. The second-order valence-corrected chi connectivity index (χ2v) is 8.71. The smallest absolute Gasteiger partial charge is 0.271 e. The number of carbonyl (C=O) groups is 2. The predicted octanol–water partition coefficient (Wildman–Crippen LogP) is 3.52. The molecule has 5 nitrogen and oxygen atoms in total. The molecule has 0 amide bonds. The third-order valence-corrected chi connectivity index (χ3v) is 6.93. The zero-order valence-corrected chi connectivity index (χ0v) is 15.5. The number of hydrogen-bond acceptors (Lipinski definition) is 5. The van der Waals surface area contributed by atoms with Crippen molar-refractivity contribution < 1.29 is 18.0 Å². The lowest BCUT2D eigenvalue weighted by Gasteiger charge is -2.22. The molecule has 0 saturated carbocycles. The number of benzene rings is 2. The molecule has 27 heavy (non-hydrogen) atoms. The van der Waals surface area contributed by atoms with Gasteiger partial charge in [-0.05, 0) is 17.0 Å². The maximum atomic E-state index is 13.1. The van der Waals surface area contributed by atoms with Crippen LogP contribution in [0.1, 0.15) is 26.3 Å². The summed E-state index contributed by atoms with van der Waals surface area (Å²) in [6.07, 6.45) is 0. The van der Waals surface area contributed by atoms with Gasteiger partial charge in [0.2, 0.25) is 5.78 Å². The van der Waals surface area contributed by atoms with E-state index in [0.29, 0.717) is 5.56 Å². The van der Waals surface area contributed by atoms with Crippen LogP contribution < -0.4 is 4.72 Å². The van der Waals surface area contributed by atoms with Gasteiger partial charge in [0, 0.05) is 11.1 Å². The minimum absolute atomic E-state index is 0.0550. The molecule has 134 valence electrons. The first-order valence-corrected chi connectivity index (χ1v) is 10.4. The Morgan fingerprint density at radius 3 is 2.00 bits per heavy atom. The van der Waals surface area contributed by atoms with E-state index in [9.17, 15) is 18.0 Å². The summed E-state index contributed by atoms with van der Waals surface area (Å²) in [6.45, 7) is 0. The lowest BCUT2D eigenvalue weighted by atomic mass is 9.84. The van der Waals surface area contributed by atoms with Gasteiger partial charge < -0.3 is 0 Å². The number of sulfonamides is 1. The Kier molecular flexibility index (Phi) is 4.25. The van der Waals surface area contributed by atoms with Crippen LogP contribution in [0.3, 0.4) is 0 Å². The maximum Gasteiger partial charge on any atom is 0.271 e. The highest BCUT2D eigenvalue weighted by Crippen LogP contribution is 2.32. The topological polar surface area (TPSA) is 80.3 Å². The Hall–Kier alpha value is -3.03. The fourth-order valence-corrected chi connectivity index (χ4v) is 5.02. The van der Waals surface area contributed by atoms with Crippen LogP contribution in [0.2, 0.25) is 0 Å². The van der Waals surface area contributed by atoms with Crippen LogP contribution in [0, 0.1) is 0 Å². The van der Waals surface area contributed by atoms with E-state index >= 15 is 0 Å². The molecule has 1 heterocycles. The van der Waals surface area contributed by atoms with Gasteiger partial charge in [-0.1, -0.05) is 60.7 Å². The van der Waals surface area contributed by atoms with Crippen LogP contribution in [0.5, 0.6) is 0 Å². The van der Waals surface area contributed by atoms with Gasteiger partial charge in [-0.2, -0.15) is 0 Å². The van der Waals surface area contributed by atoms with Crippen molar-refractivity contribution in [2.24, 2.45) is 0 Å². The zero-order chi connectivity index (χ0) is 19.0. The highest BCUT2D eigenvalue weighted by atomic mass is 32.2. The molecule has 0 radical (unpaired) electrons. The molecule has 0 fully saturated rings. The van der Waals surface area contributed by atoms with Gasteiger partial charge in [0.25, 0.3) is 10.0 Å². The molecule has 1 aliphatic rings. The van der Waals surface area contributed by atoms with Crippen LogP contribution >= 0.6 is 11.3 Å². The first-order chi connectivity index (χ1) is 13.0. The fraction of sp³-hybridized carbons (Fsp3) is 0. The molecular weight excluding hydrogens is 382 g/mol. The average Bonchev–Trinajstić information content (AvgIpc) is 3.23. The van der Waals surface area contributed by atoms with E-state index in [1.165, 1.54) is 12.1 Å². The predicted molar refractivity (Wildman–Crippen MR) is 103 cm³/mol. The number of allylic oxidation sites excluding steroid dienone is 2. The molecule has 0 bridgehead atoms. The monoisotopic (exact) mass is 395 g/mol. The van der Waals surface area contributed by atoms with Gasteiger partial charge in [-0.3, -0.25) is 14.3 Å². The van der Waals surface area contributed by atoms with Gasteiger partial charge in [0.05, 0.1) is 5.57 Å². The number of thiophene rings is 1. The molecule has 4 rings (SSSR count). The number of Topliss-reactive ketones (excluding diaryl/α,β-unsaturated/α-hetero) is 2. The molecule has 0 saturated heterocycles. The van der Waals surface area contributed by atoms with Crippen molar-refractivity contribution in [3.63, 3.8) is 0 Å². The normalized spacial score (nSPS) is 14.2. The van der Waals surface area contributed by atoms with E-state index in [4.69, 9.17) is 0 Å². The highest BCUT2D eigenvalue weighted by Gasteiger charge is 2.35. The molecule has 3 aromatic rings. The van der Waals surface area contributed by atoms with Crippen LogP contribution in [0.25, 0.3) is 5.57 Å². The van der Waals surface area contributed by atoms with Crippen LogP contribution in [0.4, 0.5) is 0 Å². The molecule has 1 aliphatic carbocycles. The second kappa shape index (κ2) is 6.61. The van der Waals surface area contributed by atoms with Crippen molar-refractivity contribution >= 4 is 38.5 Å². The van der Waals surface area contributed by atoms with E-state index in [1.807, 2.05) is 0 Å². The molecule has 1 aromatic heterocycles. The minimum Gasteiger partial charge on any atom is -0.288 e. The number of carbonyl (C=O) groups excluding carboxylic acids is 2. The summed E-state index contributed by atoms with van der Waals surface area (Å²) < 4.78 is 27.8. The molecular formula is C20H13NO4S2. The van der Waals surface area contributed by atoms with Crippen LogP contribution in [0.15, 0.2) is 82.0 Å². The molecule has 0 spiro atoms. The SMILES string of the molecule is O=C1C(NS(=O)(=O)c2cccs2)=C(c2ccccc2)C(=O)c2ccccc21. The Bertz CT molecular complexity index is 1180. The summed E-state index contributed by atoms with van der Waals surface area (Å²) in [6, 6.07) is 18.0. The van der Waals surface area contributed by atoms with Crippen molar-refractivity contribution in [1.29, 1.82) is 0 Å². The number of ketones is 2. The lowest BCUT2D eigenvalue weighted by Crippen LogP contribution is -2.33. The first kappa shape index (κ1) is 17.4. The van der Waals surface area contributed by atoms with Crippen molar-refractivity contribution in [2.45, 2.75) is 4.21 Å². The van der Waals surface area contributed by atoms with E-state index in [1.54, 1.807) is 60.0 Å². The van der Waals surface area contributed by atoms with Crippen molar-refractivity contribution in [3.05, 3.63) is 94.5 Å². The number of hydrogen-bond donors (Lipinski definition) is 1. The Morgan fingerprint density at radius 1 is 0.741 bits per heavy atom. The third-order valence-electron chi connectivity index (χ3n) is 4.18. The van der Waals surface area contributed by atoms with Gasteiger partial charge in [0.1, 0.15) is 9.91 Å². The summed E-state index contributed by atoms with van der Waals surface area (Å²) in [7, 11) is -3.98. The van der Waals surface area contributed by atoms with E-state index in [0.717, 1.165) is 11.3 Å². The van der Waals surface area contributed by atoms with Crippen LogP contribution in [-0.2, 0) is 10.0 Å². The van der Waals surface area contributed by atoms with Crippen molar-refractivity contribution in [2.75, 3.05) is 0 Å². The summed E-state index contributed by atoms with van der Waals surface area (Å²) >= 11 is 1.03. The maximum absolute atomic E-state index is 13.1. The number of rotatable bonds is 4. The summed E-state index contributed by atoms with van der Waals surface area (Å²) in [5.41, 5.74) is 0.762. The minimum atomic E-state index is -3.98. The van der Waals surface area contributed by atoms with E-state index in [-0.39, 0.29) is 32.4 Å². The average molecular weight is 395 g/mol. The number of nitrogens with one attached hydrogen (secondary N) is 1. The standard InChI is InChI=1S/C20H13NO4S2/c22-19-14-9-4-5-10-15(14)20(23)18(17(19)13-7-2-1-3-8-13)21-27(24,25)16-11-6-12-26-16/h1-12,21H. The molecule has 7 heteroatoms. The largest absolute Gasteiger partial charge is 0.288 e. The first-order valence-electron chi connectivity index (χ1n) is 8.03. The molecule has 0 aliphatic heterocycles. The van der Waals surface area contributed by atoms with Gasteiger partial charge in [-0.15, -0.1) is 11.3 Å². The fourth-order valence-electron chi connectivity index (χ4n) is 2.95. The Labute approximate surface area is 160 Å². The van der Waals surface area contributed by atoms with E-state index < -0.39 is 15.8 Å². The van der Waals surface area contributed by atoms with Gasteiger partial charge in [0.15, 0.2) is 5.78 Å². The van der Waals surface area contributed by atoms with Crippen molar-refractivity contribution in [1.82, 2.24) is 4.72 Å². The Morgan fingerprint density at radius 2 is 1.37 bits per heavy atom. The van der Waals surface area contributed by atoms with Crippen LogP contribution in [-0.4, -0.2) is 20.0 Å². The van der Waals surface area contributed by atoms with Gasteiger partial charge in [-0.25, -0.2) is 8.42 Å². The summed E-state index contributed by atoms with van der Waals surface area (Å²) in [5, 5.41) is 1.63. The second-order valence-electron chi connectivity index (χ2n) is 5.86. The van der Waals surface area contributed by atoms with Gasteiger partial charge >= 0.3 is 0 Å². The molecule has 1 N–H and O–H groups in total. The molecule has 0 atom stereocenters. The van der Waals surface area contributed by atoms with E-state index in [2.05, 4.69) is 4.72 Å². The number of fused-ring (bicyclic) bond motifs is 1. The summed E-state index contributed by atoms with van der Waals surface area (Å²) in [5.74, 6) is -0.913. The zero-order valence-electron chi connectivity index (χ0n) is 13.9. The highest BCUT2D eigenvalue weighted by molar-refractivity contribution is 7.91. The summed E-state index contributed by atoms with van der Waals surface area (Å²) in [4.78, 5) is 26.2. The molecule has 2 aromatic carbocycles. The third kappa shape index (κ3) is 3.01. The molecule has 0 unspecified atom stereocenters. The lowest BCUT2D eigenvalue weighted by molar-refractivity contribution is 0.0988. The van der Waals surface area contributed by atoms with Crippen molar-refractivity contribution in [3.8, 4) is 0 Å².